The van der Waals surface area contributed by atoms with Gasteiger partial charge in [0.15, 0.2) is 0 Å². The van der Waals surface area contributed by atoms with Gasteiger partial charge in [-0.1, -0.05) is 6.42 Å². The molecule has 2 nitrogen and oxygen atoms in total. The minimum atomic E-state index is 0.747. The first-order valence-corrected chi connectivity index (χ1v) is 5.49. The molecule has 0 saturated carbocycles. The van der Waals surface area contributed by atoms with Gasteiger partial charge in [0, 0.05) is 25.0 Å². The summed E-state index contributed by atoms with van der Waals surface area (Å²) in [5, 5.41) is 0. The van der Waals surface area contributed by atoms with E-state index in [0.29, 0.717) is 0 Å². The van der Waals surface area contributed by atoms with Gasteiger partial charge in [-0.2, -0.15) is 0 Å². The summed E-state index contributed by atoms with van der Waals surface area (Å²) in [6.07, 6.45) is 7.86. The van der Waals surface area contributed by atoms with Crippen molar-refractivity contribution in [2.24, 2.45) is 0 Å². The summed E-state index contributed by atoms with van der Waals surface area (Å²) in [4.78, 5) is 6.61. The quantitative estimate of drug-likeness (QED) is 0.712. The fourth-order valence-corrected chi connectivity index (χ4v) is 2.12. The maximum absolute atomic E-state index is 4.04. The van der Waals surface area contributed by atoms with Crippen LogP contribution in [0.15, 0.2) is 24.5 Å². The molecule has 2 heteroatoms. The molecular weight excluding hydrogens is 172 g/mol. The first kappa shape index (κ1) is 9.66. The van der Waals surface area contributed by atoms with Crippen molar-refractivity contribution in [2.45, 2.75) is 38.8 Å². The molecule has 1 fully saturated rings. The van der Waals surface area contributed by atoms with Crippen LogP contribution in [0.25, 0.3) is 0 Å². The molecule has 1 atom stereocenters. The van der Waals surface area contributed by atoms with E-state index in [0.717, 1.165) is 12.6 Å². The third kappa shape index (κ3) is 2.32. The number of likely N-dealkylation sites (tertiary alicyclic amines) is 1. The highest BCUT2D eigenvalue weighted by Gasteiger charge is 2.17. The standard InChI is InChI=1S/C12H18N2/c1-11-4-2-3-9-14(11)10-12-5-7-13-8-6-12/h5-8,11H,2-4,9-10H2,1H3/t11-/m0/s1. The molecular formula is C12H18N2. The van der Waals surface area contributed by atoms with Gasteiger partial charge < -0.3 is 0 Å². The number of piperidine rings is 1. The van der Waals surface area contributed by atoms with E-state index >= 15 is 0 Å². The summed E-state index contributed by atoms with van der Waals surface area (Å²) in [7, 11) is 0. The van der Waals surface area contributed by atoms with Gasteiger partial charge in [0.25, 0.3) is 0 Å². The number of nitrogens with zero attached hydrogens (tertiary/aromatic N) is 2. The van der Waals surface area contributed by atoms with E-state index in [-0.39, 0.29) is 0 Å². The second kappa shape index (κ2) is 4.56. The van der Waals surface area contributed by atoms with Crippen molar-refractivity contribution in [3.8, 4) is 0 Å². The topological polar surface area (TPSA) is 16.1 Å². The fourth-order valence-electron chi connectivity index (χ4n) is 2.12. The summed E-state index contributed by atoms with van der Waals surface area (Å²) in [5.41, 5.74) is 1.38. The van der Waals surface area contributed by atoms with E-state index in [1.165, 1.54) is 31.4 Å². The van der Waals surface area contributed by atoms with Crippen molar-refractivity contribution in [3.63, 3.8) is 0 Å². The summed E-state index contributed by atoms with van der Waals surface area (Å²) < 4.78 is 0. The SMILES string of the molecule is C[C@H]1CCCCN1Cc1ccncc1. The van der Waals surface area contributed by atoms with Crippen LogP contribution < -0.4 is 0 Å². The normalized spacial score (nSPS) is 23.6. The first-order valence-electron chi connectivity index (χ1n) is 5.49. The number of hydrogen-bond donors (Lipinski definition) is 0. The molecule has 1 aliphatic heterocycles. The van der Waals surface area contributed by atoms with Gasteiger partial charge in [-0.3, -0.25) is 9.88 Å². The van der Waals surface area contributed by atoms with E-state index in [1.807, 2.05) is 12.4 Å². The third-order valence-corrected chi connectivity index (χ3v) is 3.08. The molecule has 0 N–H and O–H groups in total. The zero-order valence-electron chi connectivity index (χ0n) is 8.82. The molecule has 1 aliphatic rings. The lowest BCUT2D eigenvalue weighted by molar-refractivity contribution is 0.152. The van der Waals surface area contributed by atoms with Crippen LogP contribution in [-0.4, -0.2) is 22.5 Å². The van der Waals surface area contributed by atoms with Gasteiger partial charge >= 0.3 is 0 Å². The van der Waals surface area contributed by atoms with Gasteiger partial charge in [-0.15, -0.1) is 0 Å². The van der Waals surface area contributed by atoms with Crippen LogP contribution in [0.5, 0.6) is 0 Å². The summed E-state index contributed by atoms with van der Waals surface area (Å²) >= 11 is 0. The van der Waals surface area contributed by atoms with Crippen molar-refractivity contribution in [3.05, 3.63) is 30.1 Å². The lowest BCUT2D eigenvalue weighted by Gasteiger charge is -2.33. The molecule has 0 aromatic carbocycles. The van der Waals surface area contributed by atoms with Crippen LogP contribution in [0.1, 0.15) is 31.7 Å². The van der Waals surface area contributed by atoms with E-state index in [4.69, 9.17) is 0 Å². The lowest BCUT2D eigenvalue weighted by atomic mass is 10.0. The Bertz CT molecular complexity index is 271. The Hall–Kier alpha value is -0.890. The Labute approximate surface area is 86.0 Å². The van der Waals surface area contributed by atoms with Gasteiger partial charge in [0.2, 0.25) is 0 Å². The third-order valence-electron chi connectivity index (χ3n) is 3.08. The Morgan fingerprint density at radius 1 is 1.36 bits per heavy atom. The van der Waals surface area contributed by atoms with Crippen LogP contribution in [0, 0.1) is 0 Å². The maximum atomic E-state index is 4.04. The number of pyridine rings is 1. The van der Waals surface area contributed by atoms with Gasteiger partial charge in [0.05, 0.1) is 0 Å². The van der Waals surface area contributed by atoms with Crippen molar-refractivity contribution >= 4 is 0 Å². The van der Waals surface area contributed by atoms with Crippen molar-refractivity contribution in [1.82, 2.24) is 9.88 Å². The molecule has 14 heavy (non-hydrogen) atoms. The van der Waals surface area contributed by atoms with E-state index < -0.39 is 0 Å². The highest BCUT2D eigenvalue weighted by Crippen LogP contribution is 2.18. The monoisotopic (exact) mass is 190 g/mol. The van der Waals surface area contributed by atoms with E-state index in [1.54, 1.807) is 0 Å². The summed E-state index contributed by atoms with van der Waals surface area (Å²) in [5.74, 6) is 0. The Morgan fingerprint density at radius 2 is 2.14 bits per heavy atom. The minimum Gasteiger partial charge on any atom is -0.296 e. The highest BCUT2D eigenvalue weighted by molar-refractivity contribution is 5.09. The molecule has 76 valence electrons. The smallest absolute Gasteiger partial charge is 0.0271 e. The van der Waals surface area contributed by atoms with Gasteiger partial charge in [-0.05, 0) is 44.0 Å². The number of aromatic nitrogens is 1. The summed E-state index contributed by atoms with van der Waals surface area (Å²) in [6, 6.07) is 4.97. The van der Waals surface area contributed by atoms with Crippen LogP contribution in [0.4, 0.5) is 0 Å². The average Bonchev–Trinajstić information content (AvgIpc) is 2.23. The minimum absolute atomic E-state index is 0.747. The molecule has 0 spiro atoms. The lowest BCUT2D eigenvalue weighted by Crippen LogP contribution is -2.36. The summed E-state index contributed by atoms with van der Waals surface area (Å²) in [6.45, 7) is 4.67. The first-order chi connectivity index (χ1) is 6.86. The van der Waals surface area contributed by atoms with Crippen LogP contribution in [-0.2, 0) is 6.54 Å². The fraction of sp³-hybridized carbons (Fsp3) is 0.583. The Kier molecular flexibility index (Phi) is 3.14. The molecule has 0 aliphatic carbocycles. The van der Waals surface area contributed by atoms with Gasteiger partial charge in [-0.25, -0.2) is 0 Å². The second-order valence-electron chi connectivity index (χ2n) is 4.17. The molecule has 0 radical (unpaired) electrons. The van der Waals surface area contributed by atoms with Crippen LogP contribution in [0.2, 0.25) is 0 Å². The molecule has 2 heterocycles. The molecule has 0 amide bonds. The average molecular weight is 190 g/mol. The van der Waals surface area contributed by atoms with Crippen molar-refractivity contribution < 1.29 is 0 Å². The maximum Gasteiger partial charge on any atom is 0.0271 e. The zero-order chi connectivity index (χ0) is 9.80. The van der Waals surface area contributed by atoms with Crippen molar-refractivity contribution in [2.75, 3.05) is 6.54 Å². The predicted molar refractivity (Wildman–Crippen MR) is 58.0 cm³/mol. The molecule has 1 saturated heterocycles. The Balaban J connectivity index is 1.96. The number of hydrogen-bond acceptors (Lipinski definition) is 2. The number of rotatable bonds is 2. The van der Waals surface area contributed by atoms with Crippen LogP contribution >= 0.6 is 0 Å². The second-order valence-corrected chi connectivity index (χ2v) is 4.17. The Morgan fingerprint density at radius 3 is 2.86 bits per heavy atom. The molecule has 1 aromatic rings. The van der Waals surface area contributed by atoms with E-state index in [9.17, 15) is 0 Å². The van der Waals surface area contributed by atoms with E-state index in [2.05, 4.69) is 28.9 Å². The molecule has 1 aromatic heterocycles. The van der Waals surface area contributed by atoms with Gasteiger partial charge in [0.1, 0.15) is 0 Å². The predicted octanol–water partition coefficient (Wildman–Crippen LogP) is 2.46. The molecule has 0 bridgehead atoms. The largest absolute Gasteiger partial charge is 0.296 e. The molecule has 0 unspecified atom stereocenters. The van der Waals surface area contributed by atoms with Crippen LogP contribution in [0.3, 0.4) is 0 Å². The zero-order valence-corrected chi connectivity index (χ0v) is 8.82. The highest BCUT2D eigenvalue weighted by atomic mass is 15.2. The molecule has 2 rings (SSSR count). The van der Waals surface area contributed by atoms with Crippen molar-refractivity contribution in [1.29, 1.82) is 0 Å².